The van der Waals surface area contributed by atoms with Crippen molar-refractivity contribution in [1.29, 1.82) is 0 Å². The Labute approximate surface area is 334 Å². The molecule has 0 spiro atoms. The van der Waals surface area contributed by atoms with Gasteiger partial charge in [0.25, 0.3) is 0 Å². The number of carboxylic acid groups (broad SMARTS) is 1. The van der Waals surface area contributed by atoms with Crippen molar-refractivity contribution in [3.63, 3.8) is 0 Å². The third-order valence-electron chi connectivity index (χ3n) is 10.5. The maximum atomic E-state index is 11.9. The summed E-state index contributed by atoms with van der Waals surface area (Å²) in [6.07, 6.45) is 8.30. The lowest BCUT2D eigenvalue weighted by Crippen LogP contribution is -2.39. The van der Waals surface area contributed by atoms with E-state index in [1.807, 2.05) is 20.8 Å². The van der Waals surface area contributed by atoms with Gasteiger partial charge in [0.15, 0.2) is 0 Å². The van der Waals surface area contributed by atoms with Crippen LogP contribution in [0.25, 0.3) is 0 Å². The smallest absolute Gasteiger partial charge is 0.332 e. The maximum Gasteiger partial charge on any atom is 0.332 e. The molecule has 0 amide bonds. The van der Waals surface area contributed by atoms with Crippen molar-refractivity contribution in [3.8, 4) is 0 Å². The zero-order chi connectivity index (χ0) is 39.6. The first-order valence-electron chi connectivity index (χ1n) is 20.4. The Balaban J connectivity index is 0.000000216. The lowest BCUT2D eigenvalue weighted by atomic mass is 9.91. The fraction of sp³-hybridized carbons (Fsp3) is 0.458. The van der Waals surface area contributed by atoms with Crippen LogP contribution < -0.4 is 0 Å². The molecule has 4 aromatic carbocycles. The molecule has 0 aliphatic heterocycles. The lowest BCUT2D eigenvalue weighted by molar-refractivity contribution is -0.163. The number of esters is 1. The first-order valence-corrected chi connectivity index (χ1v) is 20.4. The second-order valence-corrected chi connectivity index (χ2v) is 16.2. The van der Waals surface area contributed by atoms with E-state index in [4.69, 9.17) is 19.3 Å². The van der Waals surface area contributed by atoms with Crippen molar-refractivity contribution >= 4 is 11.9 Å². The summed E-state index contributed by atoms with van der Waals surface area (Å²) < 4.78 is 16.7. The Kier molecular flexibility index (Phi) is 17.1. The number of rotatable bonds is 16. The van der Waals surface area contributed by atoms with Gasteiger partial charge < -0.3 is 19.3 Å². The molecule has 4 aromatic rings. The van der Waals surface area contributed by atoms with Gasteiger partial charge in [-0.25, -0.2) is 9.59 Å². The summed E-state index contributed by atoms with van der Waals surface area (Å²) in [4.78, 5) is 27.8. The molecule has 2 fully saturated rings. The first-order chi connectivity index (χ1) is 27.1. The van der Waals surface area contributed by atoms with E-state index in [-0.39, 0.29) is 31.4 Å². The summed E-state index contributed by atoms with van der Waals surface area (Å²) in [5.41, 5.74) is 4.88. The van der Waals surface area contributed by atoms with Crippen LogP contribution in [0.15, 0.2) is 121 Å². The fourth-order valence-corrected chi connectivity index (χ4v) is 7.80. The molecule has 2 aliphatic rings. The van der Waals surface area contributed by atoms with E-state index in [1.54, 1.807) is 0 Å². The SMILES string of the molecule is CC(C)(C)OC(=O)COC1CCC(N(Cc2ccccc2)Cc2ccccc2)CC1.O=C(O)COC1CCC(N(Cc2ccccc2)Cc2ccccc2)CC1. The Hall–Kier alpha value is -4.34. The summed E-state index contributed by atoms with van der Waals surface area (Å²) in [5, 5.41) is 8.78. The van der Waals surface area contributed by atoms with Crippen molar-refractivity contribution in [2.24, 2.45) is 0 Å². The predicted molar refractivity (Wildman–Crippen MR) is 222 cm³/mol. The van der Waals surface area contributed by atoms with Crippen LogP contribution in [0.3, 0.4) is 0 Å². The molecule has 0 atom stereocenters. The standard InChI is InChI=1S/C26H35NO3.C22H27NO3/c1-26(2,3)30-25(28)20-29-24-16-14-23(15-17-24)27(18-21-10-6-4-7-11-21)19-22-12-8-5-9-13-22;24-22(25)17-26-21-13-11-20(12-14-21)23(15-18-7-3-1-4-8-18)16-19-9-5-2-6-10-19/h4-13,23-24H,14-20H2,1-3H3;1-10,20-21H,11-17H2,(H,24,25). The molecule has 0 heterocycles. The quantitative estimate of drug-likeness (QED) is 0.113. The van der Waals surface area contributed by atoms with Gasteiger partial charge in [-0.2, -0.15) is 0 Å². The second kappa shape index (κ2) is 22.4. The average molecular weight is 763 g/mol. The number of hydrogen-bond acceptors (Lipinski definition) is 7. The van der Waals surface area contributed by atoms with Crippen molar-refractivity contribution in [2.45, 2.75) is 128 Å². The highest BCUT2D eigenvalue weighted by molar-refractivity contribution is 5.71. The number of nitrogens with zero attached hydrogens (tertiary/aromatic N) is 2. The van der Waals surface area contributed by atoms with E-state index in [2.05, 4.69) is 131 Å². The van der Waals surface area contributed by atoms with E-state index in [0.29, 0.717) is 12.1 Å². The van der Waals surface area contributed by atoms with Gasteiger partial charge in [0.05, 0.1) is 12.2 Å². The van der Waals surface area contributed by atoms with Crippen LogP contribution in [-0.2, 0) is 50.0 Å². The molecule has 8 heteroatoms. The fourth-order valence-electron chi connectivity index (χ4n) is 7.80. The maximum absolute atomic E-state index is 11.9. The van der Waals surface area contributed by atoms with Crippen molar-refractivity contribution in [2.75, 3.05) is 13.2 Å². The molecule has 0 bridgehead atoms. The minimum absolute atomic E-state index is 0.0460. The topological polar surface area (TPSA) is 88.5 Å². The number of aliphatic carboxylic acids is 1. The molecule has 1 N–H and O–H groups in total. The molecular formula is C48H62N2O6. The summed E-state index contributed by atoms with van der Waals surface area (Å²) in [6.45, 7) is 9.26. The molecular weight excluding hydrogens is 701 g/mol. The number of ether oxygens (including phenoxy) is 3. The molecule has 300 valence electrons. The molecule has 56 heavy (non-hydrogen) atoms. The van der Waals surface area contributed by atoms with E-state index >= 15 is 0 Å². The number of carbonyl (C=O) groups excluding carboxylic acids is 1. The monoisotopic (exact) mass is 762 g/mol. The molecule has 0 radical (unpaired) electrons. The van der Waals surface area contributed by atoms with Gasteiger partial charge in [-0.15, -0.1) is 0 Å². The number of carboxylic acids is 1. The zero-order valence-corrected chi connectivity index (χ0v) is 33.6. The highest BCUT2D eigenvalue weighted by atomic mass is 16.6. The van der Waals surface area contributed by atoms with E-state index < -0.39 is 11.6 Å². The summed E-state index contributed by atoms with van der Waals surface area (Å²) in [7, 11) is 0. The normalized spacial score (nSPS) is 19.9. The van der Waals surface area contributed by atoms with Gasteiger partial charge in [-0.05, 0) is 94.4 Å². The molecule has 2 aliphatic carbocycles. The third kappa shape index (κ3) is 15.7. The largest absolute Gasteiger partial charge is 0.480 e. The van der Waals surface area contributed by atoms with E-state index in [0.717, 1.165) is 77.5 Å². The molecule has 6 rings (SSSR count). The Morgan fingerprint density at radius 3 is 1.11 bits per heavy atom. The van der Waals surface area contributed by atoms with Crippen molar-refractivity contribution < 1.29 is 28.9 Å². The highest BCUT2D eigenvalue weighted by Crippen LogP contribution is 2.29. The number of carbonyl (C=O) groups is 2. The Bertz CT molecular complexity index is 1600. The van der Waals surface area contributed by atoms with Crippen molar-refractivity contribution in [3.05, 3.63) is 144 Å². The molecule has 2 saturated carbocycles. The van der Waals surface area contributed by atoms with Crippen molar-refractivity contribution in [1.82, 2.24) is 9.80 Å². The minimum atomic E-state index is -0.887. The second-order valence-electron chi connectivity index (χ2n) is 16.2. The van der Waals surface area contributed by atoms with Crippen LogP contribution in [0.5, 0.6) is 0 Å². The number of benzene rings is 4. The van der Waals surface area contributed by atoms with Crippen LogP contribution in [0.1, 0.15) is 94.4 Å². The molecule has 0 saturated heterocycles. The molecule has 0 aromatic heterocycles. The average Bonchev–Trinajstić information content (AvgIpc) is 3.20. The van der Waals surface area contributed by atoms with Crippen LogP contribution >= 0.6 is 0 Å². The minimum Gasteiger partial charge on any atom is -0.480 e. The highest BCUT2D eigenvalue weighted by Gasteiger charge is 2.29. The lowest BCUT2D eigenvalue weighted by Gasteiger charge is -2.37. The van der Waals surface area contributed by atoms with Gasteiger partial charge in [0.1, 0.15) is 18.8 Å². The van der Waals surface area contributed by atoms with E-state index in [9.17, 15) is 9.59 Å². The van der Waals surface area contributed by atoms with Crippen LogP contribution in [0, 0.1) is 0 Å². The first kappa shape index (κ1) is 42.8. The van der Waals surface area contributed by atoms with E-state index in [1.165, 1.54) is 22.3 Å². The third-order valence-corrected chi connectivity index (χ3v) is 10.5. The van der Waals surface area contributed by atoms with Gasteiger partial charge in [-0.3, -0.25) is 9.80 Å². The van der Waals surface area contributed by atoms with Gasteiger partial charge in [-0.1, -0.05) is 121 Å². The van der Waals surface area contributed by atoms with Gasteiger partial charge in [0, 0.05) is 38.3 Å². The Morgan fingerprint density at radius 2 is 0.821 bits per heavy atom. The van der Waals surface area contributed by atoms with Gasteiger partial charge in [0.2, 0.25) is 0 Å². The van der Waals surface area contributed by atoms with Crippen LogP contribution in [0.2, 0.25) is 0 Å². The van der Waals surface area contributed by atoms with Gasteiger partial charge >= 0.3 is 11.9 Å². The van der Waals surface area contributed by atoms with Crippen LogP contribution in [0.4, 0.5) is 0 Å². The predicted octanol–water partition coefficient (Wildman–Crippen LogP) is 9.46. The van der Waals surface area contributed by atoms with Crippen LogP contribution in [-0.4, -0.2) is 70.0 Å². The Morgan fingerprint density at radius 1 is 0.518 bits per heavy atom. The molecule has 0 unspecified atom stereocenters. The number of hydrogen-bond donors (Lipinski definition) is 1. The molecule has 8 nitrogen and oxygen atoms in total. The summed E-state index contributed by atoms with van der Waals surface area (Å²) >= 11 is 0. The summed E-state index contributed by atoms with van der Waals surface area (Å²) in [6, 6.07) is 43.6. The summed E-state index contributed by atoms with van der Waals surface area (Å²) in [5.74, 6) is -1.17. The zero-order valence-electron chi connectivity index (χ0n) is 33.6.